The van der Waals surface area contributed by atoms with E-state index in [4.69, 9.17) is 5.11 Å². The van der Waals surface area contributed by atoms with Gasteiger partial charge in [0.25, 0.3) is 0 Å². The number of alkyl halides is 3. The summed E-state index contributed by atoms with van der Waals surface area (Å²) in [5.41, 5.74) is -1.54. The summed E-state index contributed by atoms with van der Waals surface area (Å²) in [4.78, 5) is 11.0. The second kappa shape index (κ2) is 5.32. The summed E-state index contributed by atoms with van der Waals surface area (Å²) in [5, 5.41) is 15.1. The van der Waals surface area contributed by atoms with Gasteiger partial charge in [-0.15, -0.1) is 5.10 Å². The van der Waals surface area contributed by atoms with Crippen LogP contribution in [-0.4, -0.2) is 26.1 Å². The standard InChI is InChI=1S/C12H10F3N3O2/c13-12(14,15)10-9(11(19)20)18(17-16-10)7-6-8-4-2-1-3-5-8/h1-5H,6-7H2,(H,19,20). The van der Waals surface area contributed by atoms with Gasteiger partial charge in [0.2, 0.25) is 5.69 Å². The van der Waals surface area contributed by atoms with Crippen LogP contribution in [0.25, 0.3) is 0 Å². The molecular formula is C12H10F3N3O2. The molecule has 1 aromatic carbocycles. The number of hydrogen-bond acceptors (Lipinski definition) is 3. The number of hydrogen-bond donors (Lipinski definition) is 1. The summed E-state index contributed by atoms with van der Waals surface area (Å²) in [6.45, 7) is 0.00866. The van der Waals surface area contributed by atoms with Gasteiger partial charge in [0, 0.05) is 6.54 Å². The number of aryl methyl sites for hydroxylation is 2. The lowest BCUT2D eigenvalue weighted by Crippen LogP contribution is -2.17. The quantitative estimate of drug-likeness (QED) is 0.935. The average Bonchev–Trinajstić information content (AvgIpc) is 2.81. The highest BCUT2D eigenvalue weighted by Gasteiger charge is 2.40. The number of aromatic carboxylic acids is 1. The number of nitrogens with zero attached hydrogens (tertiary/aromatic N) is 3. The summed E-state index contributed by atoms with van der Waals surface area (Å²) in [6.07, 6.45) is -4.47. The van der Waals surface area contributed by atoms with Crippen molar-refractivity contribution in [1.82, 2.24) is 15.0 Å². The van der Waals surface area contributed by atoms with Crippen molar-refractivity contribution in [3.63, 3.8) is 0 Å². The van der Waals surface area contributed by atoms with Crippen LogP contribution < -0.4 is 0 Å². The van der Waals surface area contributed by atoms with Crippen LogP contribution in [0.2, 0.25) is 0 Å². The van der Waals surface area contributed by atoms with E-state index in [1.165, 1.54) is 0 Å². The van der Waals surface area contributed by atoms with Crippen molar-refractivity contribution < 1.29 is 23.1 Å². The first-order valence-electron chi connectivity index (χ1n) is 5.67. The van der Waals surface area contributed by atoms with Gasteiger partial charge in [-0.25, -0.2) is 9.48 Å². The van der Waals surface area contributed by atoms with E-state index in [0.717, 1.165) is 10.2 Å². The van der Waals surface area contributed by atoms with Gasteiger partial charge >= 0.3 is 12.1 Å². The molecule has 0 aliphatic heterocycles. The van der Waals surface area contributed by atoms with Gasteiger partial charge in [-0.05, 0) is 12.0 Å². The second-order valence-corrected chi connectivity index (χ2v) is 4.05. The molecule has 0 saturated carbocycles. The van der Waals surface area contributed by atoms with Gasteiger partial charge in [-0.1, -0.05) is 35.5 Å². The van der Waals surface area contributed by atoms with Crippen LogP contribution >= 0.6 is 0 Å². The predicted octanol–water partition coefficient (Wildman–Crippen LogP) is 2.24. The first-order chi connectivity index (χ1) is 9.39. The van der Waals surface area contributed by atoms with Gasteiger partial charge in [0.15, 0.2) is 5.69 Å². The average molecular weight is 285 g/mol. The fourth-order valence-corrected chi connectivity index (χ4v) is 1.75. The van der Waals surface area contributed by atoms with E-state index in [-0.39, 0.29) is 6.54 Å². The molecule has 0 aliphatic rings. The van der Waals surface area contributed by atoms with Crippen LogP contribution in [0.15, 0.2) is 30.3 Å². The Bertz CT molecular complexity index is 608. The predicted molar refractivity (Wildman–Crippen MR) is 62.1 cm³/mol. The number of carboxylic acid groups (broad SMARTS) is 1. The molecule has 0 spiro atoms. The zero-order valence-corrected chi connectivity index (χ0v) is 10.1. The molecule has 1 heterocycles. The Kier molecular flexibility index (Phi) is 3.73. The SMILES string of the molecule is O=C(O)c1c(C(F)(F)F)nnn1CCc1ccccc1. The molecule has 0 radical (unpaired) electrons. The molecule has 0 unspecified atom stereocenters. The van der Waals surface area contributed by atoms with Gasteiger partial charge in [-0.3, -0.25) is 0 Å². The monoisotopic (exact) mass is 285 g/mol. The van der Waals surface area contributed by atoms with Crippen molar-refractivity contribution in [1.29, 1.82) is 0 Å². The van der Waals surface area contributed by atoms with E-state index < -0.39 is 23.5 Å². The van der Waals surface area contributed by atoms with Crippen LogP contribution in [0, 0.1) is 0 Å². The van der Waals surface area contributed by atoms with E-state index >= 15 is 0 Å². The maximum atomic E-state index is 12.6. The number of carbonyl (C=O) groups is 1. The van der Waals surface area contributed by atoms with Gasteiger partial charge in [0.1, 0.15) is 0 Å². The molecule has 20 heavy (non-hydrogen) atoms. The van der Waals surface area contributed by atoms with Gasteiger partial charge < -0.3 is 5.11 Å². The third kappa shape index (κ3) is 2.95. The first kappa shape index (κ1) is 14.0. The highest BCUT2D eigenvalue weighted by Crippen LogP contribution is 2.30. The smallest absolute Gasteiger partial charge is 0.437 e. The van der Waals surface area contributed by atoms with Crippen molar-refractivity contribution in [2.24, 2.45) is 0 Å². The minimum Gasteiger partial charge on any atom is -0.476 e. The number of aromatic nitrogens is 3. The summed E-state index contributed by atoms with van der Waals surface area (Å²) in [7, 11) is 0. The number of carboxylic acids is 1. The first-order valence-corrected chi connectivity index (χ1v) is 5.67. The molecule has 106 valence electrons. The Labute approximate surface area is 111 Å². The summed E-state index contributed by atoms with van der Waals surface area (Å²) in [5.74, 6) is -1.70. The summed E-state index contributed by atoms with van der Waals surface area (Å²) >= 11 is 0. The molecule has 1 aromatic heterocycles. The lowest BCUT2D eigenvalue weighted by Gasteiger charge is -2.06. The minimum absolute atomic E-state index is 0.00866. The molecule has 0 bridgehead atoms. The number of halogens is 3. The molecule has 0 saturated heterocycles. The maximum Gasteiger partial charge on any atom is 0.437 e. The molecule has 5 nitrogen and oxygen atoms in total. The minimum atomic E-state index is -4.83. The van der Waals surface area contributed by atoms with E-state index in [1.54, 1.807) is 24.3 Å². The van der Waals surface area contributed by atoms with Gasteiger partial charge in [0.05, 0.1) is 0 Å². The van der Waals surface area contributed by atoms with Crippen molar-refractivity contribution in [2.75, 3.05) is 0 Å². The number of benzene rings is 1. The van der Waals surface area contributed by atoms with Gasteiger partial charge in [-0.2, -0.15) is 13.2 Å². The van der Waals surface area contributed by atoms with E-state index in [1.807, 2.05) is 6.07 Å². The Morgan fingerprint density at radius 3 is 2.45 bits per heavy atom. The lowest BCUT2D eigenvalue weighted by molar-refractivity contribution is -0.141. The normalized spacial score (nSPS) is 11.6. The maximum absolute atomic E-state index is 12.6. The molecule has 0 atom stereocenters. The molecule has 1 N–H and O–H groups in total. The molecule has 0 amide bonds. The molecule has 8 heteroatoms. The van der Waals surface area contributed by atoms with Crippen molar-refractivity contribution >= 4 is 5.97 Å². The van der Waals surface area contributed by atoms with Crippen LogP contribution in [0.1, 0.15) is 21.7 Å². The third-order valence-corrected chi connectivity index (χ3v) is 2.66. The molecule has 2 aromatic rings. The zero-order chi connectivity index (χ0) is 14.8. The molecule has 0 fully saturated rings. The van der Waals surface area contributed by atoms with Crippen molar-refractivity contribution in [2.45, 2.75) is 19.1 Å². The van der Waals surface area contributed by atoms with E-state index in [0.29, 0.717) is 6.42 Å². The largest absolute Gasteiger partial charge is 0.476 e. The van der Waals surface area contributed by atoms with E-state index in [9.17, 15) is 18.0 Å². The van der Waals surface area contributed by atoms with Crippen molar-refractivity contribution in [3.8, 4) is 0 Å². The van der Waals surface area contributed by atoms with Crippen LogP contribution in [0.3, 0.4) is 0 Å². The Morgan fingerprint density at radius 2 is 1.90 bits per heavy atom. The molecular weight excluding hydrogens is 275 g/mol. The van der Waals surface area contributed by atoms with Crippen molar-refractivity contribution in [3.05, 3.63) is 47.3 Å². The summed E-state index contributed by atoms with van der Waals surface area (Å²) < 4.78 is 38.6. The fourth-order valence-electron chi connectivity index (χ4n) is 1.75. The lowest BCUT2D eigenvalue weighted by atomic mass is 10.1. The topological polar surface area (TPSA) is 68.0 Å². The molecule has 0 aliphatic carbocycles. The Hall–Kier alpha value is -2.38. The Balaban J connectivity index is 2.24. The Morgan fingerprint density at radius 1 is 1.25 bits per heavy atom. The fraction of sp³-hybridized carbons (Fsp3) is 0.250. The number of rotatable bonds is 4. The van der Waals surface area contributed by atoms with Crippen LogP contribution in [0.4, 0.5) is 13.2 Å². The zero-order valence-electron chi connectivity index (χ0n) is 10.1. The van der Waals surface area contributed by atoms with Crippen LogP contribution in [-0.2, 0) is 19.1 Å². The third-order valence-electron chi connectivity index (χ3n) is 2.66. The highest BCUT2D eigenvalue weighted by atomic mass is 19.4. The summed E-state index contributed by atoms with van der Waals surface area (Å²) in [6, 6.07) is 8.97. The molecule has 2 rings (SSSR count). The second-order valence-electron chi connectivity index (χ2n) is 4.05. The highest BCUT2D eigenvalue weighted by molar-refractivity contribution is 5.87. The van der Waals surface area contributed by atoms with E-state index in [2.05, 4.69) is 10.3 Å². The van der Waals surface area contributed by atoms with Crippen LogP contribution in [0.5, 0.6) is 0 Å².